The minimum atomic E-state index is -3.94. The van der Waals surface area contributed by atoms with Crippen molar-refractivity contribution in [2.24, 2.45) is 0 Å². The molecule has 11 heteroatoms. The Labute approximate surface area is 241 Å². The maximum Gasteiger partial charge on any atom is 0.261 e. The van der Waals surface area contributed by atoms with Gasteiger partial charge in [-0.05, 0) is 64.9 Å². The molecule has 0 atom stereocenters. The summed E-state index contributed by atoms with van der Waals surface area (Å²) >= 11 is 11.9. The molecule has 0 saturated carbocycles. The number of rotatable bonds is 7. The number of halogens is 2. The Hall–Kier alpha value is -3.63. The predicted molar refractivity (Wildman–Crippen MR) is 156 cm³/mol. The summed E-state index contributed by atoms with van der Waals surface area (Å²) in [6, 6.07) is 21.4. The Kier molecular flexibility index (Phi) is 8.27. The lowest BCUT2D eigenvalue weighted by Gasteiger charge is -2.26. The Morgan fingerprint density at radius 3 is 2.27 bits per heavy atom. The van der Waals surface area contributed by atoms with Crippen molar-refractivity contribution in [2.45, 2.75) is 11.4 Å². The molecule has 0 bridgehead atoms. The fourth-order valence-electron chi connectivity index (χ4n) is 4.43. The van der Waals surface area contributed by atoms with E-state index in [4.69, 9.17) is 27.9 Å². The number of ether oxygens (including phenoxy) is 1. The second-order valence-electron chi connectivity index (χ2n) is 9.24. The average Bonchev–Trinajstić information content (AvgIpc) is 2.95. The molecular formula is C29H25Cl2N3O5S. The summed E-state index contributed by atoms with van der Waals surface area (Å²) < 4.78 is 33.5. The lowest BCUT2D eigenvalue weighted by molar-refractivity contribution is 0.0303. The molecule has 1 saturated heterocycles. The van der Waals surface area contributed by atoms with Crippen LogP contribution in [0.15, 0.2) is 83.8 Å². The first kappa shape index (κ1) is 27.9. The lowest BCUT2D eigenvalue weighted by Crippen LogP contribution is -2.40. The second-order valence-corrected chi connectivity index (χ2v) is 11.8. The number of sulfonamides is 1. The van der Waals surface area contributed by atoms with Gasteiger partial charge in [-0.3, -0.25) is 14.3 Å². The number of hydrogen-bond donors (Lipinski definition) is 2. The molecule has 4 aromatic rings. The van der Waals surface area contributed by atoms with Crippen molar-refractivity contribution in [3.63, 3.8) is 0 Å². The van der Waals surface area contributed by atoms with Gasteiger partial charge in [0.05, 0.1) is 18.1 Å². The van der Waals surface area contributed by atoms with Crippen molar-refractivity contribution in [2.75, 3.05) is 31.0 Å². The summed E-state index contributed by atoms with van der Waals surface area (Å²) in [6.45, 7) is 2.51. The molecule has 0 unspecified atom stereocenters. The van der Waals surface area contributed by atoms with Gasteiger partial charge in [-0.1, -0.05) is 53.5 Å². The fraction of sp³-hybridized carbons (Fsp3) is 0.172. The van der Waals surface area contributed by atoms with Crippen LogP contribution in [0.1, 0.15) is 26.3 Å². The molecule has 4 aromatic carbocycles. The summed E-state index contributed by atoms with van der Waals surface area (Å²) in [6.07, 6.45) is 0. The van der Waals surface area contributed by atoms with Crippen LogP contribution >= 0.6 is 23.2 Å². The maximum absolute atomic E-state index is 13.1. The van der Waals surface area contributed by atoms with E-state index in [1.807, 2.05) is 12.1 Å². The third-order valence-electron chi connectivity index (χ3n) is 6.48. The van der Waals surface area contributed by atoms with Gasteiger partial charge in [0, 0.05) is 46.5 Å². The molecule has 206 valence electrons. The summed E-state index contributed by atoms with van der Waals surface area (Å²) in [5.41, 5.74) is 2.22. The maximum atomic E-state index is 13.1. The second kappa shape index (κ2) is 11.9. The van der Waals surface area contributed by atoms with E-state index >= 15 is 0 Å². The summed E-state index contributed by atoms with van der Waals surface area (Å²) in [5.74, 6) is -0.311. The van der Waals surface area contributed by atoms with Crippen molar-refractivity contribution in [1.29, 1.82) is 0 Å². The number of anilines is 1. The zero-order valence-corrected chi connectivity index (χ0v) is 23.5. The summed E-state index contributed by atoms with van der Waals surface area (Å²) in [7, 11) is -3.94. The quantitative estimate of drug-likeness (QED) is 0.299. The molecule has 1 aliphatic rings. The van der Waals surface area contributed by atoms with Gasteiger partial charge in [0.25, 0.3) is 21.8 Å². The van der Waals surface area contributed by atoms with Crippen LogP contribution in [0.4, 0.5) is 5.69 Å². The third kappa shape index (κ3) is 6.39. The van der Waals surface area contributed by atoms with Gasteiger partial charge in [-0.2, -0.15) is 0 Å². The highest BCUT2D eigenvalue weighted by Crippen LogP contribution is 2.27. The van der Waals surface area contributed by atoms with Gasteiger partial charge in [-0.25, -0.2) is 8.42 Å². The van der Waals surface area contributed by atoms with E-state index in [-0.39, 0.29) is 33.3 Å². The van der Waals surface area contributed by atoms with E-state index < -0.39 is 10.0 Å². The van der Waals surface area contributed by atoms with Gasteiger partial charge >= 0.3 is 0 Å². The highest BCUT2D eigenvalue weighted by atomic mass is 35.5. The minimum Gasteiger partial charge on any atom is -0.378 e. The molecule has 1 fully saturated rings. The number of carbonyl (C=O) groups excluding carboxylic acids is 2. The van der Waals surface area contributed by atoms with Gasteiger partial charge in [0.15, 0.2) is 0 Å². The van der Waals surface area contributed by atoms with Gasteiger partial charge in [-0.15, -0.1) is 0 Å². The predicted octanol–water partition coefficient (Wildman–Crippen LogP) is 5.35. The zero-order valence-electron chi connectivity index (χ0n) is 21.2. The smallest absolute Gasteiger partial charge is 0.261 e. The largest absolute Gasteiger partial charge is 0.378 e. The number of nitrogens with one attached hydrogen (secondary N) is 2. The Balaban J connectivity index is 1.26. The molecule has 40 heavy (non-hydrogen) atoms. The van der Waals surface area contributed by atoms with Crippen molar-refractivity contribution in [1.82, 2.24) is 10.2 Å². The van der Waals surface area contributed by atoms with Crippen LogP contribution in [0, 0.1) is 0 Å². The van der Waals surface area contributed by atoms with Crippen LogP contribution in [0.2, 0.25) is 10.0 Å². The molecule has 0 spiro atoms. The van der Waals surface area contributed by atoms with Gasteiger partial charge in [0.1, 0.15) is 0 Å². The highest BCUT2D eigenvalue weighted by molar-refractivity contribution is 7.92. The van der Waals surface area contributed by atoms with Crippen LogP contribution < -0.4 is 10.0 Å². The summed E-state index contributed by atoms with van der Waals surface area (Å²) in [5, 5.41) is 4.68. The number of morpholine rings is 1. The zero-order chi connectivity index (χ0) is 28.3. The molecule has 0 radical (unpaired) electrons. The van der Waals surface area contributed by atoms with Crippen LogP contribution in [-0.2, 0) is 21.3 Å². The van der Waals surface area contributed by atoms with E-state index in [2.05, 4.69) is 10.0 Å². The molecule has 0 aliphatic carbocycles. The average molecular weight is 599 g/mol. The first-order valence-corrected chi connectivity index (χ1v) is 14.7. The molecule has 2 amide bonds. The van der Waals surface area contributed by atoms with E-state index in [1.165, 1.54) is 18.2 Å². The Morgan fingerprint density at radius 2 is 1.57 bits per heavy atom. The first-order chi connectivity index (χ1) is 19.2. The fourth-order valence-corrected chi connectivity index (χ4v) is 6.21. The first-order valence-electron chi connectivity index (χ1n) is 12.5. The van der Waals surface area contributed by atoms with Crippen molar-refractivity contribution in [3.8, 4) is 0 Å². The highest BCUT2D eigenvalue weighted by Gasteiger charge is 2.19. The molecule has 5 rings (SSSR count). The van der Waals surface area contributed by atoms with E-state index in [1.54, 1.807) is 53.4 Å². The molecule has 1 heterocycles. The number of amides is 2. The van der Waals surface area contributed by atoms with Crippen molar-refractivity contribution in [3.05, 3.63) is 106 Å². The van der Waals surface area contributed by atoms with Crippen LogP contribution in [0.25, 0.3) is 10.8 Å². The van der Waals surface area contributed by atoms with Gasteiger partial charge < -0.3 is 15.0 Å². The van der Waals surface area contributed by atoms with Crippen LogP contribution in [-0.4, -0.2) is 51.4 Å². The van der Waals surface area contributed by atoms with E-state index in [0.29, 0.717) is 53.9 Å². The van der Waals surface area contributed by atoms with E-state index in [0.717, 1.165) is 5.56 Å². The lowest BCUT2D eigenvalue weighted by atomic mass is 10.0. The number of benzene rings is 4. The SMILES string of the molecule is O=C(NCc1ccc(C(=O)N2CCOCC2)cc1)c1cccc2cc(NS(=O)(=O)c3cc(Cl)cc(Cl)c3)ccc12. The minimum absolute atomic E-state index is 0.0346. The van der Waals surface area contributed by atoms with Crippen molar-refractivity contribution >= 4 is 61.5 Å². The normalized spacial score (nSPS) is 13.7. The number of fused-ring (bicyclic) bond motifs is 1. The molecular weight excluding hydrogens is 573 g/mol. The Morgan fingerprint density at radius 1 is 0.875 bits per heavy atom. The van der Waals surface area contributed by atoms with E-state index in [9.17, 15) is 18.0 Å². The van der Waals surface area contributed by atoms with Crippen LogP contribution in [0.5, 0.6) is 0 Å². The monoisotopic (exact) mass is 597 g/mol. The Bertz CT molecular complexity index is 1670. The molecule has 8 nitrogen and oxygen atoms in total. The topological polar surface area (TPSA) is 105 Å². The third-order valence-corrected chi connectivity index (χ3v) is 8.27. The van der Waals surface area contributed by atoms with Crippen molar-refractivity contribution < 1.29 is 22.7 Å². The number of hydrogen-bond acceptors (Lipinski definition) is 5. The molecule has 2 N–H and O–H groups in total. The number of carbonyl (C=O) groups is 2. The van der Waals surface area contributed by atoms with Crippen LogP contribution in [0.3, 0.4) is 0 Å². The standard InChI is InChI=1S/C29H25Cl2N3O5S/c30-22-15-23(31)17-25(16-22)40(37,38)33-24-8-9-26-21(14-24)2-1-3-27(26)28(35)32-18-19-4-6-20(7-5-19)29(36)34-10-12-39-13-11-34/h1-9,14-17,33H,10-13,18H2,(H,32,35). The summed E-state index contributed by atoms with van der Waals surface area (Å²) in [4.78, 5) is 27.4. The van der Waals surface area contributed by atoms with Gasteiger partial charge in [0.2, 0.25) is 0 Å². The number of nitrogens with zero attached hydrogens (tertiary/aromatic N) is 1. The molecule has 0 aromatic heterocycles. The molecule has 1 aliphatic heterocycles.